The van der Waals surface area contributed by atoms with Crippen LogP contribution >= 0.6 is 22.9 Å². The Labute approximate surface area is 193 Å². The number of aliphatic hydroxyl groups is 1. The maximum atomic E-state index is 13.1. The number of ether oxygens (including phenoxy) is 1. The summed E-state index contributed by atoms with van der Waals surface area (Å²) in [6.45, 7) is 4.30. The predicted molar refractivity (Wildman–Crippen MR) is 123 cm³/mol. The number of hydrogen-bond acceptors (Lipinski definition) is 7. The monoisotopic (exact) mass is 469 g/mol. The highest BCUT2D eigenvalue weighted by molar-refractivity contribution is 7.15. The third kappa shape index (κ3) is 4.11. The van der Waals surface area contributed by atoms with Crippen LogP contribution in [-0.2, 0) is 9.59 Å². The first-order valence-corrected chi connectivity index (χ1v) is 11.2. The lowest BCUT2D eigenvalue weighted by Gasteiger charge is -2.23. The summed E-state index contributed by atoms with van der Waals surface area (Å²) in [6.07, 6.45) is 0.837. The van der Waals surface area contributed by atoms with Crippen LogP contribution in [0.5, 0.6) is 5.75 Å². The Bertz CT molecular complexity index is 1210. The molecule has 0 spiro atoms. The predicted octanol–water partition coefficient (Wildman–Crippen LogP) is 4.92. The van der Waals surface area contributed by atoms with Gasteiger partial charge in [0.1, 0.15) is 16.5 Å². The number of anilines is 1. The standard InChI is InChI=1S/C23H20ClN3O4S/c1-3-11-31-17-6-4-5-15(12-17)19-18(20(28)14-7-9-16(24)10-8-14)21(29)22(30)27(19)23-26-25-13(2)32-23/h4-10,12,19,28H,3,11H2,1-2H3/b20-18+. The molecule has 1 saturated heterocycles. The first-order chi connectivity index (χ1) is 15.4. The zero-order chi connectivity index (χ0) is 22.8. The van der Waals surface area contributed by atoms with Crippen molar-refractivity contribution < 1.29 is 19.4 Å². The highest BCUT2D eigenvalue weighted by Crippen LogP contribution is 2.43. The molecule has 0 saturated carbocycles. The average molecular weight is 470 g/mol. The molecule has 0 bridgehead atoms. The molecule has 1 aromatic heterocycles. The molecule has 3 aromatic rings. The van der Waals surface area contributed by atoms with Crippen molar-refractivity contribution >= 4 is 45.5 Å². The van der Waals surface area contributed by atoms with Crippen LogP contribution in [0.2, 0.25) is 5.02 Å². The minimum absolute atomic E-state index is 0.0298. The quantitative estimate of drug-likeness (QED) is 0.313. The van der Waals surface area contributed by atoms with E-state index in [-0.39, 0.29) is 16.5 Å². The number of aromatic nitrogens is 2. The minimum atomic E-state index is -0.886. The molecule has 0 radical (unpaired) electrons. The van der Waals surface area contributed by atoms with Crippen molar-refractivity contribution in [3.63, 3.8) is 0 Å². The van der Waals surface area contributed by atoms with Gasteiger partial charge in [-0.15, -0.1) is 10.2 Å². The van der Waals surface area contributed by atoms with E-state index in [1.807, 2.05) is 6.92 Å². The second kappa shape index (κ2) is 9.10. The highest BCUT2D eigenvalue weighted by atomic mass is 35.5. The largest absolute Gasteiger partial charge is 0.507 e. The lowest BCUT2D eigenvalue weighted by Crippen LogP contribution is -2.29. The molecule has 2 aromatic carbocycles. The van der Waals surface area contributed by atoms with Crippen LogP contribution in [-0.4, -0.2) is 33.6 Å². The Balaban J connectivity index is 1.90. The van der Waals surface area contributed by atoms with Gasteiger partial charge in [0.05, 0.1) is 18.2 Å². The minimum Gasteiger partial charge on any atom is -0.507 e. The SMILES string of the molecule is CCCOc1cccc(C2/C(=C(\O)c3ccc(Cl)cc3)C(=O)C(=O)N2c2nnc(C)s2)c1. The van der Waals surface area contributed by atoms with E-state index in [4.69, 9.17) is 16.3 Å². The van der Waals surface area contributed by atoms with Gasteiger partial charge in [0.25, 0.3) is 5.78 Å². The maximum Gasteiger partial charge on any atom is 0.301 e. The van der Waals surface area contributed by atoms with Crippen molar-refractivity contribution in [3.8, 4) is 5.75 Å². The average Bonchev–Trinajstić information content (AvgIpc) is 3.33. The first kappa shape index (κ1) is 22.0. The molecule has 1 amide bonds. The normalized spacial score (nSPS) is 17.7. The summed E-state index contributed by atoms with van der Waals surface area (Å²) in [5, 5.41) is 20.6. The molecule has 32 heavy (non-hydrogen) atoms. The number of ketones is 1. The van der Waals surface area contributed by atoms with E-state index in [0.717, 1.165) is 6.42 Å². The molecule has 1 aliphatic heterocycles. The Hall–Kier alpha value is -3.23. The third-order valence-electron chi connectivity index (χ3n) is 4.93. The molecule has 4 rings (SSSR count). The van der Waals surface area contributed by atoms with Crippen molar-refractivity contribution in [2.24, 2.45) is 0 Å². The van der Waals surface area contributed by atoms with E-state index in [9.17, 15) is 14.7 Å². The van der Waals surface area contributed by atoms with Crippen LogP contribution in [0.3, 0.4) is 0 Å². The summed E-state index contributed by atoms with van der Waals surface area (Å²) in [4.78, 5) is 27.5. The smallest absolute Gasteiger partial charge is 0.301 e. The molecular formula is C23H20ClN3O4S. The van der Waals surface area contributed by atoms with Crippen molar-refractivity contribution in [2.45, 2.75) is 26.3 Å². The molecule has 1 atom stereocenters. The number of nitrogens with zero attached hydrogens (tertiary/aromatic N) is 3. The molecule has 1 unspecified atom stereocenters. The lowest BCUT2D eigenvalue weighted by molar-refractivity contribution is -0.132. The molecule has 7 nitrogen and oxygen atoms in total. The molecule has 1 aliphatic rings. The molecule has 1 fully saturated rings. The van der Waals surface area contributed by atoms with Crippen LogP contribution in [0, 0.1) is 6.92 Å². The number of halogens is 1. The summed E-state index contributed by atoms with van der Waals surface area (Å²) in [6, 6.07) is 12.7. The topological polar surface area (TPSA) is 92.6 Å². The number of aryl methyl sites for hydroxylation is 1. The molecular weight excluding hydrogens is 450 g/mol. The number of carbonyl (C=O) groups is 2. The summed E-state index contributed by atoms with van der Waals surface area (Å²) in [5.41, 5.74) is 0.961. The van der Waals surface area contributed by atoms with E-state index >= 15 is 0 Å². The Morgan fingerprint density at radius 1 is 1.19 bits per heavy atom. The van der Waals surface area contributed by atoms with Crippen molar-refractivity contribution in [3.05, 3.63) is 75.3 Å². The molecule has 1 N–H and O–H groups in total. The second-order valence-corrected chi connectivity index (χ2v) is 8.80. The van der Waals surface area contributed by atoms with E-state index in [1.54, 1.807) is 55.5 Å². The van der Waals surface area contributed by atoms with Crippen LogP contribution in [0.4, 0.5) is 5.13 Å². The van der Waals surface area contributed by atoms with Gasteiger partial charge in [0, 0.05) is 10.6 Å². The number of rotatable bonds is 6. The second-order valence-electron chi connectivity index (χ2n) is 7.20. The molecule has 2 heterocycles. The van der Waals surface area contributed by atoms with Crippen LogP contribution in [0.25, 0.3) is 5.76 Å². The zero-order valence-corrected chi connectivity index (χ0v) is 19.0. The summed E-state index contributed by atoms with van der Waals surface area (Å²) < 4.78 is 5.74. The molecule has 164 valence electrons. The first-order valence-electron chi connectivity index (χ1n) is 10.0. The van der Waals surface area contributed by atoms with E-state index in [0.29, 0.717) is 33.5 Å². The van der Waals surface area contributed by atoms with Crippen molar-refractivity contribution in [2.75, 3.05) is 11.5 Å². The third-order valence-corrected chi connectivity index (χ3v) is 6.02. The van der Waals surface area contributed by atoms with Gasteiger partial charge in [-0.25, -0.2) is 0 Å². The maximum absolute atomic E-state index is 13.1. The van der Waals surface area contributed by atoms with Gasteiger partial charge in [0.15, 0.2) is 0 Å². The fourth-order valence-corrected chi connectivity index (χ4v) is 4.33. The van der Waals surface area contributed by atoms with Gasteiger partial charge < -0.3 is 9.84 Å². The van der Waals surface area contributed by atoms with Crippen molar-refractivity contribution in [1.29, 1.82) is 0 Å². The van der Waals surface area contributed by atoms with Gasteiger partial charge in [-0.2, -0.15) is 0 Å². The summed E-state index contributed by atoms with van der Waals surface area (Å²) >= 11 is 7.16. The fraction of sp³-hybridized carbons (Fsp3) is 0.217. The van der Waals surface area contributed by atoms with E-state index < -0.39 is 17.7 Å². The highest BCUT2D eigenvalue weighted by Gasteiger charge is 2.48. The van der Waals surface area contributed by atoms with Gasteiger partial charge in [-0.05, 0) is 55.3 Å². The number of benzene rings is 2. The van der Waals surface area contributed by atoms with E-state index in [1.165, 1.54) is 16.2 Å². The van der Waals surface area contributed by atoms with Crippen LogP contribution < -0.4 is 9.64 Å². The van der Waals surface area contributed by atoms with Gasteiger partial charge in [-0.3, -0.25) is 14.5 Å². The lowest BCUT2D eigenvalue weighted by atomic mass is 9.95. The zero-order valence-electron chi connectivity index (χ0n) is 17.4. The van der Waals surface area contributed by atoms with Crippen LogP contribution in [0.15, 0.2) is 54.1 Å². The Morgan fingerprint density at radius 3 is 2.59 bits per heavy atom. The van der Waals surface area contributed by atoms with Gasteiger partial charge >= 0.3 is 5.91 Å². The van der Waals surface area contributed by atoms with Gasteiger partial charge in [0.2, 0.25) is 5.13 Å². The molecule has 9 heteroatoms. The van der Waals surface area contributed by atoms with Crippen molar-refractivity contribution in [1.82, 2.24) is 10.2 Å². The van der Waals surface area contributed by atoms with Gasteiger partial charge in [-0.1, -0.05) is 42.0 Å². The summed E-state index contributed by atoms with van der Waals surface area (Å²) in [5.74, 6) is -1.25. The summed E-state index contributed by atoms with van der Waals surface area (Å²) in [7, 11) is 0. The number of carbonyl (C=O) groups excluding carboxylic acids is 2. The number of hydrogen-bond donors (Lipinski definition) is 1. The number of amides is 1. The number of Topliss-reactive ketones (excluding diaryl/α,β-unsaturated/α-hetero) is 1. The fourth-order valence-electron chi connectivity index (χ4n) is 3.49. The number of aliphatic hydroxyl groups excluding tert-OH is 1. The van der Waals surface area contributed by atoms with E-state index in [2.05, 4.69) is 10.2 Å². The Kier molecular flexibility index (Phi) is 6.25. The Morgan fingerprint density at radius 2 is 1.94 bits per heavy atom. The van der Waals surface area contributed by atoms with Crippen LogP contribution in [0.1, 0.15) is 35.5 Å². The molecule has 0 aliphatic carbocycles.